The van der Waals surface area contributed by atoms with Gasteiger partial charge >= 0.3 is 0 Å². The van der Waals surface area contributed by atoms with E-state index in [4.69, 9.17) is 0 Å². The van der Waals surface area contributed by atoms with Crippen LogP contribution in [0.4, 0.5) is 0 Å². The third-order valence-corrected chi connectivity index (χ3v) is 4.24. The molecule has 0 aromatic rings. The Kier molecular flexibility index (Phi) is 5.48. The van der Waals surface area contributed by atoms with E-state index < -0.39 is 0 Å². The molecule has 3 heteroatoms. The lowest BCUT2D eigenvalue weighted by molar-refractivity contribution is -0.130. The number of carbonyl (C=O) groups is 1. The lowest BCUT2D eigenvalue weighted by Gasteiger charge is -2.21. The molecule has 1 saturated heterocycles. The minimum atomic E-state index is 0.389. The molecule has 2 fully saturated rings. The summed E-state index contributed by atoms with van der Waals surface area (Å²) < 4.78 is 0. The first-order valence-corrected chi connectivity index (χ1v) is 7.80. The molecule has 0 aromatic heterocycles. The van der Waals surface area contributed by atoms with Crippen molar-refractivity contribution in [2.75, 3.05) is 19.6 Å². The third kappa shape index (κ3) is 4.60. The molecule has 2 aliphatic rings. The van der Waals surface area contributed by atoms with Crippen molar-refractivity contribution in [1.29, 1.82) is 0 Å². The van der Waals surface area contributed by atoms with Crippen molar-refractivity contribution in [3.63, 3.8) is 0 Å². The van der Waals surface area contributed by atoms with Crippen LogP contribution in [-0.2, 0) is 4.79 Å². The summed E-state index contributed by atoms with van der Waals surface area (Å²) in [6.45, 7) is 5.27. The summed E-state index contributed by atoms with van der Waals surface area (Å²) in [6, 6.07) is 0.791. The van der Waals surface area contributed by atoms with Gasteiger partial charge in [0.1, 0.15) is 0 Å². The van der Waals surface area contributed by atoms with Gasteiger partial charge in [-0.2, -0.15) is 0 Å². The largest absolute Gasteiger partial charge is 0.343 e. The van der Waals surface area contributed by atoms with Crippen LogP contribution in [0.5, 0.6) is 0 Å². The quantitative estimate of drug-likeness (QED) is 0.706. The molecule has 18 heavy (non-hydrogen) atoms. The number of rotatable bonds is 7. The average Bonchev–Trinajstić information content (AvgIpc) is 3.18. The molecule has 1 aliphatic heterocycles. The van der Waals surface area contributed by atoms with Gasteiger partial charge < -0.3 is 10.2 Å². The normalized spacial score (nSPS) is 25.3. The maximum absolute atomic E-state index is 12.0. The van der Waals surface area contributed by atoms with E-state index >= 15 is 0 Å². The zero-order valence-corrected chi connectivity index (χ0v) is 11.8. The highest BCUT2D eigenvalue weighted by Crippen LogP contribution is 2.22. The number of hydrogen-bond acceptors (Lipinski definition) is 2. The molecule has 1 saturated carbocycles. The summed E-state index contributed by atoms with van der Waals surface area (Å²) in [6.07, 6.45) is 9.47. The van der Waals surface area contributed by atoms with Gasteiger partial charge in [-0.25, -0.2) is 0 Å². The zero-order chi connectivity index (χ0) is 12.8. The fourth-order valence-electron chi connectivity index (χ4n) is 2.89. The predicted molar refractivity (Wildman–Crippen MR) is 74.5 cm³/mol. The molecule has 1 N–H and O–H groups in total. The minimum Gasteiger partial charge on any atom is -0.343 e. The Morgan fingerprint density at radius 1 is 1.28 bits per heavy atom. The first-order valence-electron chi connectivity index (χ1n) is 7.80. The average molecular weight is 252 g/mol. The van der Waals surface area contributed by atoms with Gasteiger partial charge in [-0.3, -0.25) is 4.79 Å². The molecule has 0 aromatic carbocycles. The summed E-state index contributed by atoms with van der Waals surface area (Å²) in [7, 11) is 0. The van der Waals surface area contributed by atoms with E-state index in [2.05, 4.69) is 17.1 Å². The Balaban J connectivity index is 1.64. The van der Waals surface area contributed by atoms with Crippen LogP contribution < -0.4 is 5.32 Å². The molecule has 1 heterocycles. The molecule has 0 radical (unpaired) electrons. The lowest BCUT2D eigenvalue weighted by atomic mass is 9.96. The smallest absolute Gasteiger partial charge is 0.222 e. The Labute approximate surface area is 111 Å². The van der Waals surface area contributed by atoms with E-state index in [0.29, 0.717) is 5.91 Å². The van der Waals surface area contributed by atoms with Crippen LogP contribution in [0, 0.1) is 5.92 Å². The van der Waals surface area contributed by atoms with Crippen LogP contribution in [0.3, 0.4) is 0 Å². The molecule has 1 atom stereocenters. The third-order valence-electron chi connectivity index (χ3n) is 4.24. The highest BCUT2D eigenvalue weighted by Gasteiger charge is 2.22. The summed E-state index contributed by atoms with van der Waals surface area (Å²) in [4.78, 5) is 14.1. The summed E-state index contributed by atoms with van der Waals surface area (Å²) >= 11 is 0. The minimum absolute atomic E-state index is 0.389. The number of amides is 1. The fourth-order valence-corrected chi connectivity index (χ4v) is 2.89. The van der Waals surface area contributed by atoms with Crippen molar-refractivity contribution >= 4 is 5.91 Å². The Bertz CT molecular complexity index is 263. The second kappa shape index (κ2) is 7.13. The van der Waals surface area contributed by atoms with Crippen molar-refractivity contribution in [3.8, 4) is 0 Å². The van der Waals surface area contributed by atoms with Crippen LogP contribution in [0.15, 0.2) is 0 Å². The van der Waals surface area contributed by atoms with Gasteiger partial charge in [-0.15, -0.1) is 0 Å². The fraction of sp³-hybridized carbons (Fsp3) is 0.933. The van der Waals surface area contributed by atoms with E-state index in [1.807, 2.05) is 0 Å². The molecule has 0 spiro atoms. The van der Waals surface area contributed by atoms with E-state index in [-0.39, 0.29) is 0 Å². The zero-order valence-electron chi connectivity index (χ0n) is 11.8. The summed E-state index contributed by atoms with van der Waals surface area (Å²) in [5, 5.41) is 3.52. The molecule has 3 nitrogen and oxygen atoms in total. The van der Waals surface area contributed by atoms with Gasteiger partial charge in [0.05, 0.1) is 0 Å². The summed E-state index contributed by atoms with van der Waals surface area (Å²) in [5.41, 5.74) is 0. The molecule has 1 unspecified atom stereocenters. The number of hydrogen-bond donors (Lipinski definition) is 1. The van der Waals surface area contributed by atoms with Crippen molar-refractivity contribution in [1.82, 2.24) is 10.2 Å². The number of nitrogens with one attached hydrogen (secondary N) is 1. The SMILES string of the molecule is CCCC1CCC(=O)N(CCCNC2CC2)CC1. The Morgan fingerprint density at radius 3 is 2.83 bits per heavy atom. The maximum Gasteiger partial charge on any atom is 0.222 e. The number of nitrogens with zero attached hydrogens (tertiary/aromatic N) is 1. The lowest BCUT2D eigenvalue weighted by Crippen LogP contribution is -2.33. The molecule has 104 valence electrons. The second-order valence-electron chi connectivity index (χ2n) is 5.94. The van der Waals surface area contributed by atoms with Crippen LogP contribution in [-0.4, -0.2) is 36.5 Å². The maximum atomic E-state index is 12.0. The molecule has 2 rings (SSSR count). The van der Waals surface area contributed by atoms with Crippen molar-refractivity contribution in [2.45, 2.75) is 64.3 Å². The van der Waals surface area contributed by atoms with Gasteiger partial charge in [-0.1, -0.05) is 19.8 Å². The van der Waals surface area contributed by atoms with Gasteiger partial charge in [0.2, 0.25) is 5.91 Å². The Hall–Kier alpha value is -0.570. The first kappa shape index (κ1) is 13.9. The van der Waals surface area contributed by atoms with Gasteiger partial charge in [0.15, 0.2) is 0 Å². The highest BCUT2D eigenvalue weighted by molar-refractivity contribution is 5.76. The number of carbonyl (C=O) groups excluding carboxylic acids is 1. The van der Waals surface area contributed by atoms with Gasteiger partial charge in [-0.05, 0) is 44.6 Å². The molecule has 0 bridgehead atoms. The number of likely N-dealkylation sites (tertiary alicyclic amines) is 1. The molecule has 1 aliphatic carbocycles. The van der Waals surface area contributed by atoms with Crippen LogP contribution in [0.2, 0.25) is 0 Å². The summed E-state index contributed by atoms with van der Waals surface area (Å²) in [5.74, 6) is 1.17. The van der Waals surface area contributed by atoms with Crippen molar-refractivity contribution in [2.24, 2.45) is 5.92 Å². The van der Waals surface area contributed by atoms with Crippen molar-refractivity contribution < 1.29 is 4.79 Å². The first-order chi connectivity index (χ1) is 8.79. The van der Waals surface area contributed by atoms with Crippen LogP contribution in [0.1, 0.15) is 58.3 Å². The van der Waals surface area contributed by atoms with E-state index in [9.17, 15) is 4.79 Å². The molecular weight excluding hydrogens is 224 g/mol. The van der Waals surface area contributed by atoms with Gasteiger partial charge in [0.25, 0.3) is 0 Å². The standard InChI is InChI=1S/C15H28N2O/c1-2-4-13-5-8-15(18)17(12-9-13)11-3-10-16-14-6-7-14/h13-14,16H,2-12H2,1H3. The van der Waals surface area contributed by atoms with E-state index in [0.717, 1.165) is 50.9 Å². The monoisotopic (exact) mass is 252 g/mol. The molecule has 1 amide bonds. The van der Waals surface area contributed by atoms with E-state index in [1.54, 1.807) is 0 Å². The van der Waals surface area contributed by atoms with Gasteiger partial charge in [0, 0.05) is 25.6 Å². The molecular formula is C15H28N2O. The topological polar surface area (TPSA) is 32.3 Å². The predicted octanol–water partition coefficient (Wildman–Crippen LogP) is 2.56. The van der Waals surface area contributed by atoms with Crippen LogP contribution >= 0.6 is 0 Å². The van der Waals surface area contributed by atoms with Crippen molar-refractivity contribution in [3.05, 3.63) is 0 Å². The van der Waals surface area contributed by atoms with Crippen LogP contribution in [0.25, 0.3) is 0 Å². The highest BCUT2D eigenvalue weighted by atomic mass is 16.2. The Morgan fingerprint density at radius 2 is 2.11 bits per heavy atom. The van der Waals surface area contributed by atoms with E-state index in [1.165, 1.54) is 32.1 Å². The second-order valence-corrected chi connectivity index (χ2v) is 5.94.